The van der Waals surface area contributed by atoms with E-state index in [9.17, 15) is 66.1 Å². The average molecular weight is 819 g/mol. The molecule has 0 aliphatic heterocycles. The highest BCUT2D eigenvalue weighted by Gasteiger charge is 2.23. The van der Waals surface area contributed by atoms with E-state index in [1.807, 2.05) is 5.43 Å². The fourth-order valence-corrected chi connectivity index (χ4v) is 7.44. The van der Waals surface area contributed by atoms with Gasteiger partial charge < -0.3 is 5.11 Å². The molecule has 3 rings (SSSR count). The van der Waals surface area contributed by atoms with E-state index in [4.69, 9.17) is 9.11 Å². The summed E-state index contributed by atoms with van der Waals surface area (Å²) in [5, 5.41) is 14.7. The number of rotatable bonds is 16. The molecule has 0 aromatic heterocycles. The van der Waals surface area contributed by atoms with E-state index in [2.05, 4.69) is 24.0 Å². The van der Waals surface area contributed by atoms with Crippen LogP contribution in [0, 0.1) is 0 Å². The van der Waals surface area contributed by atoms with Crippen molar-refractivity contribution in [2.75, 3.05) is 35.6 Å². The maximum absolute atomic E-state index is 13.2. The molecule has 6 N–H and O–H groups in total. The molecule has 0 fully saturated rings. The molecule has 0 bridgehead atoms. The minimum Gasteiger partial charge on any atom is -0.478 e. The lowest BCUT2D eigenvalue weighted by molar-refractivity contribution is 0.0694. The summed E-state index contributed by atoms with van der Waals surface area (Å²) in [6.45, 7) is -1.98. The molecule has 23 nitrogen and oxygen atoms in total. The van der Waals surface area contributed by atoms with E-state index in [1.54, 1.807) is 0 Å². The zero-order chi connectivity index (χ0) is 38.6. The lowest BCUT2D eigenvalue weighted by atomic mass is 10.2. The van der Waals surface area contributed by atoms with Crippen LogP contribution in [0.4, 0.5) is 11.4 Å². The normalized spacial score (nSPS) is 13.6. The predicted octanol–water partition coefficient (Wildman–Crippen LogP) is -2.73. The monoisotopic (exact) mass is 818 g/mol. The highest BCUT2D eigenvalue weighted by molar-refractivity contribution is 7.92. The molecule has 0 amide bonds. The molecule has 278 valence electrons. The Bertz CT molecular complexity index is 2650. The van der Waals surface area contributed by atoms with Crippen molar-refractivity contribution in [3.63, 3.8) is 0 Å². The van der Waals surface area contributed by atoms with Gasteiger partial charge in [0.1, 0.15) is 10.3 Å². The molecular formula is C23H22N4O19S5. The number of aromatic carboxylic acids is 1. The number of carboxylic acid groups (broad SMARTS) is 1. The maximum atomic E-state index is 13.2. The third-order valence-corrected chi connectivity index (χ3v) is 11.2. The van der Waals surface area contributed by atoms with Gasteiger partial charge >= 0.3 is 26.8 Å². The number of carbonyl (C=O) groups is 1. The van der Waals surface area contributed by atoms with Gasteiger partial charge in [0.2, 0.25) is 10.9 Å². The summed E-state index contributed by atoms with van der Waals surface area (Å²) in [6, 6.07) is 6.55. The van der Waals surface area contributed by atoms with Gasteiger partial charge in [-0.2, -0.15) is 35.5 Å². The molecule has 3 aromatic rings. The SMILES string of the molecule is O=C(O)c1cc(=O)c(=NNc2ccc(S(=O)(=O)CCOS(=O)(=O)O)cc2S(=O)(=O)O)c(=O)c1=NNc1ccc(S(=O)(=O)CCOS(=O)(=O)O)cc1. The van der Waals surface area contributed by atoms with Crippen LogP contribution in [-0.2, 0) is 59.0 Å². The summed E-state index contributed by atoms with van der Waals surface area (Å²) < 4.78 is 151. The first kappa shape index (κ1) is 40.9. The summed E-state index contributed by atoms with van der Waals surface area (Å²) in [4.78, 5) is 35.3. The van der Waals surface area contributed by atoms with Crippen LogP contribution in [-0.4, -0.2) is 91.5 Å². The molecule has 28 heteroatoms. The fraction of sp³-hybridized carbons (Fsp3) is 0.174. The second-order valence-electron chi connectivity index (χ2n) is 9.50. The molecule has 51 heavy (non-hydrogen) atoms. The van der Waals surface area contributed by atoms with Crippen LogP contribution in [0.2, 0.25) is 0 Å². The first-order chi connectivity index (χ1) is 23.3. The average Bonchev–Trinajstić information content (AvgIpc) is 2.98. The van der Waals surface area contributed by atoms with E-state index in [1.165, 1.54) is 0 Å². The van der Waals surface area contributed by atoms with Crippen molar-refractivity contribution in [2.45, 2.75) is 14.7 Å². The van der Waals surface area contributed by atoms with Crippen LogP contribution in [0.25, 0.3) is 0 Å². The van der Waals surface area contributed by atoms with Crippen molar-refractivity contribution >= 4 is 67.9 Å². The van der Waals surface area contributed by atoms with E-state index < -0.39 is 124 Å². The second kappa shape index (κ2) is 15.4. The number of sulfone groups is 2. The fourth-order valence-electron chi connectivity index (χ4n) is 3.70. The van der Waals surface area contributed by atoms with Gasteiger partial charge in [0.15, 0.2) is 25.0 Å². The number of carboxylic acids is 1. The lowest BCUT2D eigenvalue weighted by Crippen LogP contribution is -2.50. The Morgan fingerprint density at radius 1 is 0.667 bits per heavy atom. The van der Waals surface area contributed by atoms with Crippen molar-refractivity contribution in [3.8, 4) is 0 Å². The third-order valence-electron chi connectivity index (χ3n) is 5.98. The van der Waals surface area contributed by atoms with Gasteiger partial charge in [0.05, 0.1) is 51.4 Å². The number of nitrogens with one attached hydrogen (secondary N) is 2. The van der Waals surface area contributed by atoms with Crippen LogP contribution in [0.5, 0.6) is 0 Å². The summed E-state index contributed by atoms with van der Waals surface area (Å²) in [7, 11) is -23.8. The number of anilines is 2. The van der Waals surface area contributed by atoms with Crippen molar-refractivity contribution in [1.29, 1.82) is 0 Å². The molecule has 0 saturated carbocycles. The van der Waals surface area contributed by atoms with Gasteiger partial charge in [0.25, 0.3) is 10.1 Å². The molecular weight excluding hydrogens is 797 g/mol. The van der Waals surface area contributed by atoms with Gasteiger partial charge in [-0.15, -0.1) is 0 Å². The summed E-state index contributed by atoms with van der Waals surface area (Å²) in [5.74, 6) is -3.73. The lowest BCUT2D eigenvalue weighted by Gasteiger charge is -2.10. The third kappa shape index (κ3) is 11.5. The Morgan fingerprint density at radius 3 is 1.65 bits per heavy atom. The van der Waals surface area contributed by atoms with Crippen LogP contribution >= 0.6 is 0 Å². The summed E-state index contributed by atoms with van der Waals surface area (Å²) >= 11 is 0. The van der Waals surface area contributed by atoms with E-state index in [-0.39, 0.29) is 10.6 Å². The molecule has 0 saturated heterocycles. The van der Waals surface area contributed by atoms with Crippen LogP contribution in [0.1, 0.15) is 10.4 Å². The quantitative estimate of drug-likeness (QED) is 0.0631. The van der Waals surface area contributed by atoms with Gasteiger partial charge in [0, 0.05) is 6.07 Å². The Balaban J connectivity index is 2.00. The van der Waals surface area contributed by atoms with Gasteiger partial charge in [-0.3, -0.25) is 34.1 Å². The predicted molar refractivity (Wildman–Crippen MR) is 168 cm³/mol. The van der Waals surface area contributed by atoms with Gasteiger partial charge in [-0.1, -0.05) is 0 Å². The molecule has 0 heterocycles. The summed E-state index contributed by atoms with van der Waals surface area (Å²) in [5.41, 5.74) is -0.180. The topological polar surface area (TPSA) is 370 Å². The molecule has 0 unspecified atom stereocenters. The number of benzene rings is 3. The molecule has 0 radical (unpaired) electrons. The Hall–Kier alpha value is -4.52. The zero-order valence-corrected chi connectivity index (χ0v) is 28.9. The van der Waals surface area contributed by atoms with E-state index >= 15 is 0 Å². The Morgan fingerprint density at radius 2 is 1.16 bits per heavy atom. The Kier molecular flexibility index (Phi) is 12.3. The van der Waals surface area contributed by atoms with Crippen molar-refractivity contribution in [3.05, 3.63) is 85.3 Å². The minimum atomic E-state index is -5.27. The van der Waals surface area contributed by atoms with Crippen molar-refractivity contribution in [2.24, 2.45) is 10.2 Å². The zero-order valence-electron chi connectivity index (χ0n) is 24.8. The Labute approximate surface area is 286 Å². The van der Waals surface area contributed by atoms with Crippen molar-refractivity contribution in [1.82, 2.24) is 0 Å². The number of hydrogen-bond donors (Lipinski definition) is 6. The first-order valence-electron chi connectivity index (χ1n) is 12.9. The van der Waals surface area contributed by atoms with E-state index in [0.717, 1.165) is 36.4 Å². The largest absolute Gasteiger partial charge is 0.478 e. The second-order valence-corrected chi connectivity index (χ2v) is 17.3. The number of nitrogens with zero attached hydrogens (tertiary/aromatic N) is 2. The highest BCUT2D eigenvalue weighted by atomic mass is 32.3. The van der Waals surface area contributed by atoms with E-state index in [0.29, 0.717) is 12.1 Å². The van der Waals surface area contributed by atoms with Crippen LogP contribution in [0.15, 0.2) is 83.0 Å². The molecule has 3 aromatic carbocycles. The van der Waals surface area contributed by atoms with Gasteiger partial charge in [-0.25, -0.2) is 30.0 Å². The molecule has 0 atom stereocenters. The minimum absolute atomic E-state index is 0.0425. The number of hydrogen-bond acceptors (Lipinski definition) is 19. The van der Waals surface area contributed by atoms with Crippen LogP contribution in [0.3, 0.4) is 0 Å². The van der Waals surface area contributed by atoms with Crippen LogP contribution < -0.4 is 32.4 Å². The van der Waals surface area contributed by atoms with Gasteiger partial charge in [-0.05, 0) is 42.5 Å². The smallest absolute Gasteiger partial charge is 0.397 e. The molecule has 0 spiro atoms. The standard InChI is InChI=1S/C23H22N4O19S5/c28-18-12-16(23(30)31)20(26-24-13-1-3-14(4-2-13)47(32,33)9-7-45-50(39,40)41)22(29)21(18)27-25-17-6-5-15(11-19(17)49(36,37)38)48(34,35)10-8-46-51(42,43)44/h1-6,11-12,24-25H,7-10H2,(H,30,31)(H,36,37,38)(H,39,40,41)(H,42,43,44). The summed E-state index contributed by atoms with van der Waals surface area (Å²) in [6.07, 6.45) is 0. The molecule has 0 aliphatic rings. The maximum Gasteiger partial charge on any atom is 0.397 e. The highest BCUT2D eigenvalue weighted by Crippen LogP contribution is 2.25. The van der Waals surface area contributed by atoms with Crippen molar-refractivity contribution < 1.29 is 74.0 Å². The molecule has 0 aliphatic carbocycles. The first-order valence-corrected chi connectivity index (χ1v) is 20.4.